The fraction of sp³-hybridized carbons (Fsp3) is 0.917. The van der Waals surface area contributed by atoms with Crippen molar-refractivity contribution in [3.63, 3.8) is 0 Å². The van der Waals surface area contributed by atoms with Gasteiger partial charge in [-0.25, -0.2) is 0 Å². The normalized spacial score (nSPS) is 16.1. The van der Waals surface area contributed by atoms with Crippen LogP contribution in [-0.2, 0) is 4.79 Å². The molecular weight excluding hydrogens is 192 g/mol. The molecule has 0 aromatic heterocycles. The number of carbonyl (C=O) groups is 1. The summed E-state index contributed by atoms with van der Waals surface area (Å²) >= 11 is 0. The number of rotatable bonds is 6. The third-order valence-electron chi connectivity index (χ3n) is 2.71. The Morgan fingerprint density at radius 2 is 1.87 bits per heavy atom. The SMILES string of the molecule is C[C@H](CCCC(=O)O)C[C@H](O)C(C)(C)C. The molecule has 3 nitrogen and oxygen atoms in total. The van der Waals surface area contributed by atoms with E-state index in [1.54, 1.807) is 0 Å². The molecule has 0 rings (SSSR count). The number of aliphatic carboxylic acids is 1. The van der Waals surface area contributed by atoms with E-state index in [0.29, 0.717) is 12.3 Å². The molecule has 2 N–H and O–H groups in total. The Balaban J connectivity index is 3.74. The second-order valence-corrected chi connectivity index (χ2v) is 5.51. The Kier molecular flexibility index (Phi) is 5.88. The minimum Gasteiger partial charge on any atom is -0.481 e. The van der Waals surface area contributed by atoms with Gasteiger partial charge in [0.15, 0.2) is 0 Å². The van der Waals surface area contributed by atoms with Crippen molar-refractivity contribution >= 4 is 5.97 Å². The van der Waals surface area contributed by atoms with Gasteiger partial charge in [0.1, 0.15) is 0 Å². The second-order valence-electron chi connectivity index (χ2n) is 5.51. The lowest BCUT2D eigenvalue weighted by Crippen LogP contribution is -2.27. The number of hydrogen-bond donors (Lipinski definition) is 2. The Hall–Kier alpha value is -0.570. The van der Waals surface area contributed by atoms with Crippen molar-refractivity contribution in [1.82, 2.24) is 0 Å². The molecule has 90 valence electrons. The first kappa shape index (κ1) is 14.4. The summed E-state index contributed by atoms with van der Waals surface area (Å²) in [5.41, 5.74) is -0.0823. The van der Waals surface area contributed by atoms with Gasteiger partial charge in [-0.15, -0.1) is 0 Å². The van der Waals surface area contributed by atoms with Gasteiger partial charge in [-0.3, -0.25) is 4.79 Å². The molecule has 0 saturated heterocycles. The summed E-state index contributed by atoms with van der Waals surface area (Å²) in [6.07, 6.45) is 2.25. The maximum absolute atomic E-state index is 10.3. The third kappa shape index (κ3) is 7.37. The molecule has 3 heteroatoms. The zero-order valence-electron chi connectivity index (χ0n) is 10.3. The fourth-order valence-electron chi connectivity index (χ4n) is 1.45. The van der Waals surface area contributed by atoms with Gasteiger partial charge in [-0.1, -0.05) is 34.1 Å². The summed E-state index contributed by atoms with van der Waals surface area (Å²) in [5, 5.41) is 18.3. The molecule has 2 atom stereocenters. The molecule has 0 spiro atoms. The first-order chi connectivity index (χ1) is 6.73. The molecule has 0 aliphatic rings. The standard InChI is InChI=1S/C12H24O3/c1-9(6-5-7-11(14)15)8-10(13)12(2,3)4/h9-10,13H,5-8H2,1-4H3,(H,14,15)/t9-,10+/m1/s1. The molecule has 0 aromatic carbocycles. The van der Waals surface area contributed by atoms with E-state index in [4.69, 9.17) is 5.11 Å². The Morgan fingerprint density at radius 1 is 1.33 bits per heavy atom. The van der Waals surface area contributed by atoms with Gasteiger partial charge >= 0.3 is 5.97 Å². The maximum Gasteiger partial charge on any atom is 0.303 e. The average molecular weight is 216 g/mol. The van der Waals surface area contributed by atoms with Gasteiger partial charge in [-0.2, -0.15) is 0 Å². The highest BCUT2D eigenvalue weighted by Crippen LogP contribution is 2.26. The van der Waals surface area contributed by atoms with Crippen LogP contribution in [0.1, 0.15) is 53.4 Å². The van der Waals surface area contributed by atoms with Crippen molar-refractivity contribution in [2.45, 2.75) is 59.5 Å². The minimum atomic E-state index is -0.737. The second kappa shape index (κ2) is 6.11. The molecule has 0 radical (unpaired) electrons. The third-order valence-corrected chi connectivity index (χ3v) is 2.71. The summed E-state index contributed by atoms with van der Waals surface area (Å²) in [5.74, 6) is -0.350. The smallest absolute Gasteiger partial charge is 0.303 e. The quantitative estimate of drug-likeness (QED) is 0.717. The van der Waals surface area contributed by atoms with Gasteiger partial charge < -0.3 is 10.2 Å². The van der Waals surface area contributed by atoms with Gasteiger partial charge in [0.05, 0.1) is 6.10 Å². The van der Waals surface area contributed by atoms with Crippen LogP contribution in [0.15, 0.2) is 0 Å². The summed E-state index contributed by atoms with van der Waals surface area (Å²) < 4.78 is 0. The Morgan fingerprint density at radius 3 is 2.27 bits per heavy atom. The summed E-state index contributed by atoms with van der Waals surface area (Å²) in [7, 11) is 0. The van der Waals surface area contributed by atoms with E-state index in [1.807, 2.05) is 20.8 Å². The molecule has 0 aromatic rings. The van der Waals surface area contributed by atoms with E-state index in [2.05, 4.69) is 6.92 Å². The van der Waals surface area contributed by atoms with Crippen LogP contribution >= 0.6 is 0 Å². The van der Waals surface area contributed by atoms with Gasteiger partial charge in [0, 0.05) is 6.42 Å². The highest BCUT2D eigenvalue weighted by molar-refractivity contribution is 5.66. The maximum atomic E-state index is 10.3. The average Bonchev–Trinajstić information content (AvgIpc) is 2.01. The predicted octanol–water partition coefficient (Wildman–Crippen LogP) is 2.67. The lowest BCUT2D eigenvalue weighted by Gasteiger charge is -2.28. The van der Waals surface area contributed by atoms with Crippen molar-refractivity contribution < 1.29 is 15.0 Å². The molecule has 15 heavy (non-hydrogen) atoms. The zero-order valence-corrected chi connectivity index (χ0v) is 10.3. The molecular formula is C12H24O3. The molecule has 0 aliphatic heterocycles. The molecule has 0 aliphatic carbocycles. The van der Waals surface area contributed by atoms with E-state index >= 15 is 0 Å². The van der Waals surface area contributed by atoms with Crippen molar-refractivity contribution in [2.75, 3.05) is 0 Å². The molecule has 0 bridgehead atoms. The topological polar surface area (TPSA) is 57.5 Å². The first-order valence-electron chi connectivity index (χ1n) is 5.63. The lowest BCUT2D eigenvalue weighted by atomic mass is 9.83. The predicted molar refractivity (Wildman–Crippen MR) is 60.7 cm³/mol. The fourth-order valence-corrected chi connectivity index (χ4v) is 1.45. The van der Waals surface area contributed by atoms with E-state index < -0.39 is 5.97 Å². The summed E-state index contributed by atoms with van der Waals surface area (Å²) in [6, 6.07) is 0. The number of aliphatic hydroxyl groups is 1. The van der Waals surface area contributed by atoms with Crippen LogP contribution in [0.25, 0.3) is 0 Å². The van der Waals surface area contributed by atoms with Crippen molar-refractivity contribution in [1.29, 1.82) is 0 Å². The number of carboxylic acid groups (broad SMARTS) is 1. The minimum absolute atomic E-state index is 0.0823. The Labute approximate surface area is 92.5 Å². The molecule has 0 unspecified atom stereocenters. The van der Waals surface area contributed by atoms with Gasteiger partial charge in [0.25, 0.3) is 0 Å². The van der Waals surface area contributed by atoms with Crippen LogP contribution in [0.2, 0.25) is 0 Å². The molecule has 0 heterocycles. The van der Waals surface area contributed by atoms with Crippen molar-refractivity contribution in [3.8, 4) is 0 Å². The molecule has 0 amide bonds. The first-order valence-corrected chi connectivity index (χ1v) is 5.63. The molecule has 0 saturated carbocycles. The zero-order chi connectivity index (χ0) is 12.1. The Bertz CT molecular complexity index is 194. The summed E-state index contributed by atoms with van der Waals surface area (Å²) in [4.78, 5) is 10.3. The van der Waals surface area contributed by atoms with E-state index in [9.17, 15) is 9.90 Å². The van der Waals surface area contributed by atoms with Gasteiger partial charge in [-0.05, 0) is 24.2 Å². The van der Waals surface area contributed by atoms with E-state index in [0.717, 1.165) is 12.8 Å². The van der Waals surface area contributed by atoms with Crippen LogP contribution in [0.3, 0.4) is 0 Å². The monoisotopic (exact) mass is 216 g/mol. The number of aliphatic hydroxyl groups excluding tert-OH is 1. The number of carboxylic acids is 1. The van der Waals surface area contributed by atoms with E-state index in [1.165, 1.54) is 0 Å². The van der Waals surface area contributed by atoms with E-state index in [-0.39, 0.29) is 17.9 Å². The van der Waals surface area contributed by atoms with Crippen LogP contribution in [0.4, 0.5) is 0 Å². The van der Waals surface area contributed by atoms with Crippen molar-refractivity contribution in [2.24, 2.45) is 11.3 Å². The number of hydrogen-bond acceptors (Lipinski definition) is 2. The van der Waals surface area contributed by atoms with Crippen LogP contribution in [0, 0.1) is 11.3 Å². The van der Waals surface area contributed by atoms with Crippen LogP contribution < -0.4 is 0 Å². The highest BCUT2D eigenvalue weighted by atomic mass is 16.4. The molecule has 0 fully saturated rings. The van der Waals surface area contributed by atoms with Gasteiger partial charge in [0.2, 0.25) is 0 Å². The summed E-state index contributed by atoms with van der Waals surface area (Å²) in [6.45, 7) is 8.11. The highest BCUT2D eigenvalue weighted by Gasteiger charge is 2.23. The van der Waals surface area contributed by atoms with Crippen LogP contribution in [0.5, 0.6) is 0 Å². The van der Waals surface area contributed by atoms with Crippen molar-refractivity contribution in [3.05, 3.63) is 0 Å². The lowest BCUT2D eigenvalue weighted by molar-refractivity contribution is -0.137. The largest absolute Gasteiger partial charge is 0.481 e. The van der Waals surface area contributed by atoms with Crippen LogP contribution in [-0.4, -0.2) is 22.3 Å².